The van der Waals surface area contributed by atoms with Crippen molar-refractivity contribution in [2.24, 2.45) is 11.5 Å². The zero-order valence-corrected chi connectivity index (χ0v) is 18.4. The van der Waals surface area contributed by atoms with E-state index in [0.717, 1.165) is 16.8 Å². The highest BCUT2D eigenvalue weighted by atomic mass is 19.1. The lowest BCUT2D eigenvalue weighted by Gasteiger charge is -2.30. The van der Waals surface area contributed by atoms with Crippen LogP contribution in [0.3, 0.4) is 0 Å². The second-order valence-corrected chi connectivity index (χ2v) is 8.56. The number of likely N-dealkylation sites (tertiary alicyclic amines) is 1. The Morgan fingerprint density at radius 3 is 2.58 bits per heavy atom. The average molecular weight is 453 g/mol. The molecule has 2 atom stereocenters. The van der Waals surface area contributed by atoms with Gasteiger partial charge in [-0.3, -0.25) is 15.0 Å². The van der Waals surface area contributed by atoms with Crippen LogP contribution in [-0.4, -0.2) is 54.4 Å². The molecule has 1 saturated heterocycles. The monoisotopic (exact) mass is 452 g/mol. The minimum absolute atomic E-state index is 0.0371. The van der Waals surface area contributed by atoms with Crippen LogP contribution in [0.2, 0.25) is 0 Å². The number of nitrogens with two attached hydrogens (primary N) is 2. The number of anilines is 2. The van der Waals surface area contributed by atoms with Crippen LogP contribution in [0.15, 0.2) is 42.5 Å². The fourth-order valence-electron chi connectivity index (χ4n) is 4.45. The molecule has 4 rings (SSSR count). The number of alkyl halides is 1. The van der Waals surface area contributed by atoms with Gasteiger partial charge in [-0.25, -0.2) is 4.39 Å². The maximum absolute atomic E-state index is 13.8. The molecule has 0 spiro atoms. The Balaban J connectivity index is 1.58. The first-order chi connectivity index (χ1) is 15.9. The Hall–Kier alpha value is -3.46. The lowest BCUT2D eigenvalue weighted by atomic mass is 10.1. The molecule has 33 heavy (non-hydrogen) atoms. The summed E-state index contributed by atoms with van der Waals surface area (Å²) < 4.78 is 13.8. The number of carbonyl (C=O) groups excluding carboxylic acids is 2. The van der Waals surface area contributed by atoms with Crippen molar-refractivity contribution in [3.63, 3.8) is 0 Å². The van der Waals surface area contributed by atoms with Gasteiger partial charge in [-0.1, -0.05) is 24.3 Å². The van der Waals surface area contributed by atoms with E-state index in [-0.39, 0.29) is 37.2 Å². The molecule has 0 saturated carbocycles. The third-order valence-electron chi connectivity index (χ3n) is 6.18. The number of carbonyl (C=O) groups is 2. The van der Waals surface area contributed by atoms with Gasteiger partial charge in [0.25, 0.3) is 0 Å². The van der Waals surface area contributed by atoms with Crippen molar-refractivity contribution in [1.29, 1.82) is 5.41 Å². The number of nitrogens with zero attached hydrogens (tertiary/aromatic N) is 2. The van der Waals surface area contributed by atoms with Crippen LogP contribution >= 0.6 is 0 Å². The first-order valence-corrected chi connectivity index (χ1v) is 11.1. The smallest absolute Gasteiger partial charge is 0.245 e. The fourth-order valence-corrected chi connectivity index (χ4v) is 4.45. The largest absolute Gasteiger partial charge is 0.384 e. The number of rotatable bonds is 7. The molecule has 174 valence electrons. The molecular weight excluding hydrogens is 423 g/mol. The summed E-state index contributed by atoms with van der Waals surface area (Å²) in [6.07, 6.45) is 0.173. The minimum atomic E-state index is -0.975. The van der Waals surface area contributed by atoms with Crippen LogP contribution in [0.5, 0.6) is 0 Å². The molecule has 0 radical (unpaired) electrons. The van der Waals surface area contributed by atoms with Crippen LogP contribution < -0.4 is 21.7 Å². The third kappa shape index (κ3) is 4.98. The van der Waals surface area contributed by atoms with Crippen molar-refractivity contribution in [3.05, 3.63) is 59.2 Å². The number of halogens is 1. The van der Waals surface area contributed by atoms with Crippen molar-refractivity contribution in [1.82, 2.24) is 4.90 Å². The van der Waals surface area contributed by atoms with E-state index in [4.69, 9.17) is 16.9 Å². The van der Waals surface area contributed by atoms with Crippen molar-refractivity contribution in [2.45, 2.75) is 38.0 Å². The topological polar surface area (TPSA) is 129 Å². The fraction of sp³-hybridized carbons (Fsp3) is 0.375. The van der Waals surface area contributed by atoms with Gasteiger partial charge >= 0.3 is 0 Å². The molecule has 6 N–H and O–H groups in total. The maximum atomic E-state index is 13.8. The number of benzene rings is 2. The molecule has 0 aliphatic carbocycles. The van der Waals surface area contributed by atoms with E-state index in [9.17, 15) is 14.0 Å². The van der Waals surface area contributed by atoms with E-state index in [2.05, 4.69) is 5.32 Å². The van der Waals surface area contributed by atoms with E-state index in [1.54, 1.807) is 11.0 Å². The Bertz CT molecular complexity index is 1060. The average Bonchev–Trinajstić information content (AvgIpc) is 3.38. The van der Waals surface area contributed by atoms with Crippen LogP contribution in [-0.2, 0) is 22.6 Å². The Morgan fingerprint density at radius 1 is 1.18 bits per heavy atom. The third-order valence-corrected chi connectivity index (χ3v) is 6.18. The number of amides is 2. The zero-order chi connectivity index (χ0) is 23.5. The molecule has 9 heteroatoms. The van der Waals surface area contributed by atoms with Crippen LogP contribution in [0.25, 0.3) is 0 Å². The highest BCUT2D eigenvalue weighted by Gasteiger charge is 2.39. The molecule has 1 unspecified atom stereocenters. The maximum Gasteiger partial charge on any atom is 0.245 e. The van der Waals surface area contributed by atoms with Crippen LogP contribution in [0.1, 0.15) is 29.5 Å². The highest BCUT2D eigenvalue weighted by molar-refractivity contribution is 5.97. The molecule has 2 aromatic rings. The number of hydrogen-bond acceptors (Lipinski definition) is 5. The standard InChI is InChI=1S/C24H29FN6O2/c25-18-8-10-30(14-18)24(33)21-11-16-3-4-17(23(27)28)12-20(16)31(21)13-15-1-5-19(6-2-15)29-22(32)7-9-26/h1-6,12,18,21H,7-11,13-14,26H2,(H3,27,28)(H,29,32)/t18-,21?/m0/s1. The lowest BCUT2D eigenvalue weighted by molar-refractivity contribution is -0.131. The van der Waals surface area contributed by atoms with Gasteiger partial charge in [0.05, 0.1) is 6.54 Å². The predicted molar refractivity (Wildman–Crippen MR) is 126 cm³/mol. The summed E-state index contributed by atoms with van der Waals surface area (Å²) in [5.41, 5.74) is 15.2. The van der Waals surface area contributed by atoms with Gasteiger partial charge < -0.3 is 26.6 Å². The van der Waals surface area contributed by atoms with E-state index in [0.29, 0.717) is 37.2 Å². The van der Waals surface area contributed by atoms with Crippen molar-refractivity contribution in [3.8, 4) is 0 Å². The molecule has 0 bridgehead atoms. The molecule has 2 heterocycles. The quantitative estimate of drug-likeness (QED) is 0.376. The van der Waals surface area contributed by atoms with Crippen molar-refractivity contribution in [2.75, 3.05) is 29.9 Å². The van der Waals surface area contributed by atoms with Gasteiger partial charge in [0, 0.05) is 49.4 Å². The summed E-state index contributed by atoms with van der Waals surface area (Å²) in [6, 6.07) is 12.5. The van der Waals surface area contributed by atoms with Crippen molar-refractivity contribution < 1.29 is 14.0 Å². The Labute approximate surface area is 192 Å². The van der Waals surface area contributed by atoms with Gasteiger partial charge in [0.1, 0.15) is 18.0 Å². The van der Waals surface area contributed by atoms with Crippen LogP contribution in [0, 0.1) is 5.41 Å². The van der Waals surface area contributed by atoms with Gasteiger partial charge in [-0.15, -0.1) is 0 Å². The molecule has 2 amide bonds. The number of amidine groups is 1. The summed E-state index contributed by atoms with van der Waals surface area (Å²) in [5.74, 6) is -0.260. The molecule has 2 aliphatic rings. The Morgan fingerprint density at radius 2 is 1.94 bits per heavy atom. The second kappa shape index (κ2) is 9.58. The summed E-state index contributed by atoms with van der Waals surface area (Å²) >= 11 is 0. The van der Waals surface area contributed by atoms with Crippen molar-refractivity contribution >= 4 is 29.0 Å². The Kier molecular flexibility index (Phi) is 6.60. The number of fused-ring (bicyclic) bond motifs is 1. The first kappa shape index (κ1) is 22.7. The second-order valence-electron chi connectivity index (χ2n) is 8.56. The van der Waals surface area contributed by atoms with E-state index >= 15 is 0 Å². The van der Waals surface area contributed by atoms with E-state index in [1.165, 1.54) is 0 Å². The summed E-state index contributed by atoms with van der Waals surface area (Å²) in [6.45, 7) is 1.30. The first-order valence-electron chi connectivity index (χ1n) is 11.1. The van der Waals surface area contributed by atoms with Gasteiger partial charge in [0.2, 0.25) is 11.8 Å². The zero-order valence-electron chi connectivity index (χ0n) is 18.4. The number of nitrogen functional groups attached to an aromatic ring is 1. The van der Waals surface area contributed by atoms with Gasteiger partial charge in [-0.2, -0.15) is 0 Å². The van der Waals surface area contributed by atoms with Gasteiger partial charge in [-0.05, 0) is 35.7 Å². The predicted octanol–water partition coefficient (Wildman–Crippen LogP) is 1.76. The molecule has 2 aliphatic heterocycles. The number of nitrogens with one attached hydrogen (secondary N) is 2. The molecular formula is C24H29FN6O2. The summed E-state index contributed by atoms with van der Waals surface area (Å²) in [5, 5.41) is 10.6. The van der Waals surface area contributed by atoms with E-state index in [1.807, 2.05) is 41.3 Å². The lowest BCUT2D eigenvalue weighted by Crippen LogP contribution is -2.46. The van der Waals surface area contributed by atoms with E-state index < -0.39 is 12.2 Å². The molecule has 1 fully saturated rings. The summed E-state index contributed by atoms with van der Waals surface area (Å²) in [7, 11) is 0. The number of hydrogen-bond donors (Lipinski definition) is 4. The van der Waals surface area contributed by atoms with Gasteiger partial charge in [0.15, 0.2) is 0 Å². The molecule has 0 aromatic heterocycles. The normalized spacial score (nSPS) is 19.5. The minimum Gasteiger partial charge on any atom is -0.384 e. The molecule has 2 aromatic carbocycles. The SMILES string of the molecule is N=C(N)c1ccc2c(c1)N(Cc1ccc(NC(=O)CCN)cc1)C(C(=O)N1CC[C@H](F)C1)C2. The summed E-state index contributed by atoms with van der Waals surface area (Å²) in [4.78, 5) is 28.7. The highest BCUT2D eigenvalue weighted by Crippen LogP contribution is 2.36. The van der Waals surface area contributed by atoms with Crippen LogP contribution in [0.4, 0.5) is 15.8 Å². The molecule has 8 nitrogen and oxygen atoms in total.